The zero-order valence-electron chi connectivity index (χ0n) is 15.6. The monoisotopic (exact) mass is 385 g/mol. The lowest BCUT2D eigenvalue weighted by Gasteiger charge is -2.42. The first-order valence-electron chi connectivity index (χ1n) is 9.86. The number of likely N-dealkylation sites (tertiary alicyclic amines) is 1. The Morgan fingerprint density at radius 1 is 1.00 bits per heavy atom. The smallest absolute Gasteiger partial charge is 0.161 e. The van der Waals surface area contributed by atoms with Crippen molar-refractivity contribution >= 4 is 0 Å². The molecule has 1 saturated heterocycles. The first kappa shape index (κ1) is 17.9. The highest BCUT2D eigenvalue weighted by Gasteiger charge is 2.41. The van der Waals surface area contributed by atoms with Gasteiger partial charge in [0.05, 0.1) is 11.7 Å². The zero-order valence-corrected chi connectivity index (χ0v) is 15.6. The minimum atomic E-state index is -0.922. The summed E-state index contributed by atoms with van der Waals surface area (Å²) in [5.74, 6) is 1.14. The zero-order chi connectivity index (χ0) is 19.3. The molecule has 0 aromatic heterocycles. The van der Waals surface area contributed by atoms with Crippen molar-refractivity contribution in [3.63, 3.8) is 0 Å². The van der Waals surface area contributed by atoms with E-state index in [1.807, 2.05) is 18.2 Å². The van der Waals surface area contributed by atoms with Gasteiger partial charge in [-0.05, 0) is 60.2 Å². The normalized spacial score (nSPS) is 26.1. The Morgan fingerprint density at radius 3 is 2.54 bits per heavy atom. The fourth-order valence-electron chi connectivity index (χ4n) is 4.76. The van der Waals surface area contributed by atoms with E-state index in [1.54, 1.807) is 6.07 Å². The van der Waals surface area contributed by atoms with Gasteiger partial charge in [-0.3, -0.25) is 4.90 Å². The average molecular weight is 385 g/mol. The SMILES string of the molecule is O[C@H]1c2ccc(F)cc2C[C@H]1N1CCC(O)(c2ccc3c(c2)OCCO3)CC1. The fraction of sp³-hybridized carbons (Fsp3) is 0.455. The summed E-state index contributed by atoms with van der Waals surface area (Å²) in [6.45, 7) is 2.40. The second kappa shape index (κ2) is 6.72. The van der Waals surface area contributed by atoms with E-state index in [2.05, 4.69) is 4.90 Å². The van der Waals surface area contributed by atoms with Crippen molar-refractivity contribution < 1.29 is 24.1 Å². The number of ether oxygens (including phenoxy) is 2. The lowest BCUT2D eigenvalue weighted by molar-refractivity contribution is -0.0504. The number of rotatable bonds is 2. The first-order chi connectivity index (χ1) is 13.5. The van der Waals surface area contributed by atoms with E-state index in [0.717, 1.165) is 22.4 Å². The molecule has 2 aromatic rings. The predicted octanol–water partition coefficient (Wildman–Crippen LogP) is 2.54. The maximum absolute atomic E-state index is 13.5. The summed E-state index contributed by atoms with van der Waals surface area (Å²) < 4.78 is 24.7. The third-order valence-electron chi connectivity index (χ3n) is 6.39. The highest BCUT2D eigenvalue weighted by atomic mass is 19.1. The molecule has 2 heterocycles. The Kier molecular flexibility index (Phi) is 4.30. The van der Waals surface area contributed by atoms with E-state index in [4.69, 9.17) is 9.47 Å². The van der Waals surface area contributed by atoms with Crippen LogP contribution in [0.4, 0.5) is 4.39 Å². The van der Waals surface area contributed by atoms with Gasteiger partial charge in [-0.15, -0.1) is 0 Å². The molecule has 0 amide bonds. The van der Waals surface area contributed by atoms with E-state index in [0.29, 0.717) is 51.3 Å². The summed E-state index contributed by atoms with van der Waals surface area (Å²) in [7, 11) is 0. The summed E-state index contributed by atoms with van der Waals surface area (Å²) in [5.41, 5.74) is 1.62. The molecule has 148 valence electrons. The van der Waals surface area contributed by atoms with Gasteiger partial charge >= 0.3 is 0 Å². The van der Waals surface area contributed by atoms with Gasteiger partial charge in [0.15, 0.2) is 11.5 Å². The fourth-order valence-corrected chi connectivity index (χ4v) is 4.76. The molecule has 0 spiro atoms. The maximum atomic E-state index is 13.5. The Balaban J connectivity index is 1.30. The highest BCUT2D eigenvalue weighted by Crippen LogP contribution is 2.41. The molecule has 0 saturated carbocycles. The van der Waals surface area contributed by atoms with Crippen LogP contribution in [0.2, 0.25) is 0 Å². The summed E-state index contributed by atoms with van der Waals surface area (Å²) in [5, 5.41) is 22.0. The molecule has 2 aromatic carbocycles. The van der Waals surface area contributed by atoms with E-state index in [1.165, 1.54) is 12.1 Å². The molecule has 3 aliphatic rings. The van der Waals surface area contributed by atoms with Gasteiger partial charge in [-0.2, -0.15) is 0 Å². The molecule has 2 N–H and O–H groups in total. The molecule has 1 fully saturated rings. The third-order valence-corrected chi connectivity index (χ3v) is 6.39. The molecule has 5 nitrogen and oxygen atoms in total. The van der Waals surface area contributed by atoms with Gasteiger partial charge in [0.25, 0.3) is 0 Å². The Hall–Kier alpha value is -2.15. The Morgan fingerprint density at radius 2 is 1.75 bits per heavy atom. The minimum Gasteiger partial charge on any atom is -0.486 e. The number of aliphatic hydroxyl groups is 2. The Bertz CT molecular complexity index is 894. The van der Waals surface area contributed by atoms with Crippen molar-refractivity contribution in [2.45, 2.75) is 37.0 Å². The van der Waals surface area contributed by atoms with Crippen LogP contribution in [0.25, 0.3) is 0 Å². The third kappa shape index (κ3) is 2.96. The number of aliphatic hydroxyl groups excluding tert-OH is 1. The summed E-state index contributed by atoms with van der Waals surface area (Å²) in [6, 6.07) is 10.2. The molecule has 0 unspecified atom stereocenters. The summed E-state index contributed by atoms with van der Waals surface area (Å²) >= 11 is 0. The molecule has 1 aliphatic carbocycles. The van der Waals surface area contributed by atoms with E-state index >= 15 is 0 Å². The number of hydrogen-bond donors (Lipinski definition) is 2. The van der Waals surface area contributed by atoms with Crippen LogP contribution in [0.15, 0.2) is 36.4 Å². The number of piperidine rings is 1. The molecular weight excluding hydrogens is 361 g/mol. The van der Waals surface area contributed by atoms with Crippen molar-refractivity contribution in [1.82, 2.24) is 4.90 Å². The van der Waals surface area contributed by atoms with Gasteiger partial charge in [0.2, 0.25) is 0 Å². The van der Waals surface area contributed by atoms with Crippen molar-refractivity contribution in [3.05, 3.63) is 58.9 Å². The Labute approximate surface area is 163 Å². The van der Waals surface area contributed by atoms with E-state index in [-0.39, 0.29) is 11.9 Å². The number of benzene rings is 2. The molecule has 6 heteroatoms. The van der Waals surface area contributed by atoms with Crippen molar-refractivity contribution in [1.29, 1.82) is 0 Å². The minimum absolute atomic E-state index is 0.0679. The molecule has 0 bridgehead atoms. The van der Waals surface area contributed by atoms with Crippen LogP contribution in [0.3, 0.4) is 0 Å². The molecule has 28 heavy (non-hydrogen) atoms. The predicted molar refractivity (Wildman–Crippen MR) is 101 cm³/mol. The lowest BCUT2D eigenvalue weighted by atomic mass is 9.83. The quantitative estimate of drug-likeness (QED) is 0.832. The standard InChI is InChI=1S/C22H24FNO4/c23-16-2-3-17-14(11-16)12-18(21(17)25)24-7-5-22(26,6-8-24)15-1-4-19-20(13-15)28-10-9-27-19/h1-4,11,13,18,21,25-26H,5-10,12H2/t18-,21+/m1/s1. The van der Waals surface area contributed by atoms with Crippen molar-refractivity contribution in [3.8, 4) is 11.5 Å². The van der Waals surface area contributed by atoms with Crippen LogP contribution in [0, 0.1) is 5.82 Å². The van der Waals surface area contributed by atoms with Crippen molar-refractivity contribution in [2.75, 3.05) is 26.3 Å². The van der Waals surface area contributed by atoms with Crippen molar-refractivity contribution in [2.24, 2.45) is 0 Å². The van der Waals surface area contributed by atoms with Crippen LogP contribution >= 0.6 is 0 Å². The molecule has 0 radical (unpaired) electrons. The number of fused-ring (bicyclic) bond motifs is 2. The van der Waals surface area contributed by atoms with Gasteiger partial charge in [0, 0.05) is 19.1 Å². The molecular formula is C22H24FNO4. The van der Waals surface area contributed by atoms with Gasteiger partial charge in [-0.25, -0.2) is 4.39 Å². The van der Waals surface area contributed by atoms with Gasteiger partial charge in [0.1, 0.15) is 19.0 Å². The number of halogens is 1. The second-order valence-corrected chi connectivity index (χ2v) is 7.99. The molecule has 2 atom stereocenters. The van der Waals surface area contributed by atoms with Crippen LogP contribution in [-0.4, -0.2) is 47.5 Å². The highest BCUT2D eigenvalue weighted by molar-refractivity contribution is 5.45. The van der Waals surface area contributed by atoms with Gasteiger partial charge in [-0.1, -0.05) is 12.1 Å². The second-order valence-electron chi connectivity index (χ2n) is 7.99. The lowest BCUT2D eigenvalue weighted by Crippen LogP contribution is -2.48. The maximum Gasteiger partial charge on any atom is 0.161 e. The number of nitrogens with zero attached hydrogens (tertiary/aromatic N) is 1. The largest absolute Gasteiger partial charge is 0.486 e. The van der Waals surface area contributed by atoms with Gasteiger partial charge < -0.3 is 19.7 Å². The van der Waals surface area contributed by atoms with Crippen LogP contribution < -0.4 is 9.47 Å². The average Bonchev–Trinajstić information content (AvgIpc) is 3.04. The summed E-state index contributed by atoms with van der Waals surface area (Å²) in [4.78, 5) is 2.22. The summed E-state index contributed by atoms with van der Waals surface area (Å²) in [6.07, 6.45) is 1.16. The molecule has 2 aliphatic heterocycles. The van der Waals surface area contributed by atoms with Crippen LogP contribution in [0.5, 0.6) is 11.5 Å². The van der Waals surface area contributed by atoms with E-state index < -0.39 is 11.7 Å². The molecule has 5 rings (SSSR count). The number of hydrogen-bond acceptors (Lipinski definition) is 5. The van der Waals surface area contributed by atoms with E-state index in [9.17, 15) is 14.6 Å². The first-order valence-corrected chi connectivity index (χ1v) is 9.86. The topological polar surface area (TPSA) is 62.2 Å². The van der Waals surface area contributed by atoms with Crippen LogP contribution in [0.1, 0.15) is 35.6 Å². The van der Waals surface area contributed by atoms with Crippen LogP contribution in [-0.2, 0) is 12.0 Å².